The SMILES string of the molecule is Cc1cccc(OCCc2noc([C@@H]3CCCN3)n2)c1. The van der Waals surface area contributed by atoms with Crippen molar-refractivity contribution in [3.63, 3.8) is 0 Å². The molecule has 1 saturated heterocycles. The van der Waals surface area contributed by atoms with E-state index in [0.717, 1.165) is 18.7 Å². The van der Waals surface area contributed by atoms with Crippen LogP contribution in [-0.2, 0) is 6.42 Å². The maximum absolute atomic E-state index is 5.69. The lowest BCUT2D eigenvalue weighted by Crippen LogP contribution is -2.13. The van der Waals surface area contributed by atoms with Gasteiger partial charge < -0.3 is 14.6 Å². The Bertz CT molecular complexity index is 562. The van der Waals surface area contributed by atoms with Gasteiger partial charge in [0.1, 0.15) is 5.75 Å². The molecule has 1 fully saturated rings. The summed E-state index contributed by atoms with van der Waals surface area (Å²) in [6, 6.07) is 8.24. The first kappa shape index (κ1) is 13.1. The second kappa shape index (κ2) is 6.05. The molecule has 0 aliphatic carbocycles. The highest BCUT2D eigenvalue weighted by Gasteiger charge is 2.22. The number of aromatic nitrogens is 2. The average Bonchev–Trinajstić information content (AvgIpc) is 3.09. The second-order valence-electron chi connectivity index (χ2n) is 5.11. The predicted octanol–water partition coefficient (Wildman–Crippen LogP) is 2.42. The molecule has 0 saturated carbocycles. The molecule has 1 atom stereocenters. The molecule has 0 spiro atoms. The highest BCUT2D eigenvalue weighted by atomic mass is 16.5. The topological polar surface area (TPSA) is 60.2 Å². The van der Waals surface area contributed by atoms with E-state index in [1.807, 2.05) is 31.2 Å². The van der Waals surface area contributed by atoms with E-state index in [2.05, 4.69) is 15.5 Å². The van der Waals surface area contributed by atoms with E-state index in [-0.39, 0.29) is 6.04 Å². The Morgan fingerprint density at radius 3 is 3.20 bits per heavy atom. The molecule has 2 aromatic rings. The molecule has 0 unspecified atom stereocenters. The first-order valence-corrected chi connectivity index (χ1v) is 7.06. The van der Waals surface area contributed by atoms with E-state index in [1.54, 1.807) is 0 Å². The molecule has 5 nitrogen and oxygen atoms in total. The second-order valence-corrected chi connectivity index (χ2v) is 5.11. The van der Waals surface area contributed by atoms with Gasteiger partial charge in [-0.2, -0.15) is 4.98 Å². The summed E-state index contributed by atoms with van der Waals surface area (Å²) >= 11 is 0. The molecule has 1 aromatic heterocycles. The van der Waals surface area contributed by atoms with Crippen molar-refractivity contribution in [3.8, 4) is 5.75 Å². The fourth-order valence-electron chi connectivity index (χ4n) is 2.37. The van der Waals surface area contributed by atoms with Crippen molar-refractivity contribution in [2.24, 2.45) is 0 Å². The van der Waals surface area contributed by atoms with Crippen LogP contribution in [0.4, 0.5) is 0 Å². The zero-order chi connectivity index (χ0) is 13.8. The van der Waals surface area contributed by atoms with Gasteiger partial charge in [-0.1, -0.05) is 17.3 Å². The van der Waals surface area contributed by atoms with Crippen LogP contribution in [0.15, 0.2) is 28.8 Å². The number of aryl methyl sites for hydroxylation is 1. The molecule has 1 aliphatic rings. The largest absolute Gasteiger partial charge is 0.493 e. The third kappa shape index (κ3) is 3.17. The molecule has 106 valence electrons. The Morgan fingerprint density at radius 2 is 2.40 bits per heavy atom. The maximum Gasteiger partial charge on any atom is 0.243 e. The molecule has 20 heavy (non-hydrogen) atoms. The molecule has 0 radical (unpaired) electrons. The molecule has 1 aromatic carbocycles. The van der Waals surface area contributed by atoms with Crippen molar-refractivity contribution in [1.29, 1.82) is 0 Å². The zero-order valence-corrected chi connectivity index (χ0v) is 11.6. The average molecular weight is 273 g/mol. The van der Waals surface area contributed by atoms with Crippen molar-refractivity contribution in [3.05, 3.63) is 41.5 Å². The van der Waals surface area contributed by atoms with Crippen LogP contribution in [0.2, 0.25) is 0 Å². The lowest BCUT2D eigenvalue weighted by Gasteiger charge is -2.04. The first-order chi connectivity index (χ1) is 9.81. The van der Waals surface area contributed by atoms with Gasteiger partial charge in [0.05, 0.1) is 12.6 Å². The van der Waals surface area contributed by atoms with E-state index >= 15 is 0 Å². The van der Waals surface area contributed by atoms with Crippen LogP contribution in [0.5, 0.6) is 5.75 Å². The first-order valence-electron chi connectivity index (χ1n) is 7.06. The summed E-state index contributed by atoms with van der Waals surface area (Å²) in [5, 5.41) is 7.35. The molecule has 0 bridgehead atoms. The summed E-state index contributed by atoms with van der Waals surface area (Å²) in [6.07, 6.45) is 2.89. The van der Waals surface area contributed by atoms with E-state index < -0.39 is 0 Å². The van der Waals surface area contributed by atoms with E-state index in [1.165, 1.54) is 12.0 Å². The lowest BCUT2D eigenvalue weighted by molar-refractivity contribution is 0.311. The third-order valence-electron chi connectivity index (χ3n) is 3.43. The molecular formula is C15H19N3O2. The number of rotatable bonds is 5. The van der Waals surface area contributed by atoms with Gasteiger partial charge in [-0.15, -0.1) is 0 Å². The Morgan fingerprint density at radius 1 is 1.45 bits per heavy atom. The van der Waals surface area contributed by atoms with E-state index in [9.17, 15) is 0 Å². The van der Waals surface area contributed by atoms with Crippen LogP contribution in [0.1, 0.15) is 36.2 Å². The lowest BCUT2D eigenvalue weighted by atomic mass is 10.2. The molecular weight excluding hydrogens is 254 g/mol. The van der Waals surface area contributed by atoms with Gasteiger partial charge in [-0.3, -0.25) is 0 Å². The molecule has 5 heteroatoms. The summed E-state index contributed by atoms with van der Waals surface area (Å²) in [7, 11) is 0. The summed E-state index contributed by atoms with van der Waals surface area (Å²) in [5.74, 6) is 2.29. The summed E-state index contributed by atoms with van der Waals surface area (Å²) in [5.41, 5.74) is 1.19. The predicted molar refractivity (Wildman–Crippen MR) is 74.7 cm³/mol. The Kier molecular flexibility index (Phi) is 3.97. The number of benzene rings is 1. The Balaban J connectivity index is 1.51. The quantitative estimate of drug-likeness (QED) is 0.906. The number of nitrogens with zero attached hydrogens (tertiary/aromatic N) is 2. The minimum absolute atomic E-state index is 0.231. The van der Waals surface area contributed by atoms with Gasteiger partial charge in [-0.25, -0.2) is 0 Å². The normalized spacial score (nSPS) is 18.4. The Hall–Kier alpha value is -1.88. The van der Waals surface area contributed by atoms with Crippen LogP contribution in [0.25, 0.3) is 0 Å². The Labute approximate surface area is 118 Å². The van der Waals surface area contributed by atoms with Crippen molar-refractivity contribution in [1.82, 2.24) is 15.5 Å². The van der Waals surface area contributed by atoms with Gasteiger partial charge in [0.15, 0.2) is 5.82 Å². The number of hydrogen-bond acceptors (Lipinski definition) is 5. The molecule has 1 aliphatic heterocycles. The van der Waals surface area contributed by atoms with Crippen LogP contribution >= 0.6 is 0 Å². The van der Waals surface area contributed by atoms with Crippen molar-refractivity contribution in [2.45, 2.75) is 32.2 Å². The van der Waals surface area contributed by atoms with Crippen LogP contribution in [0.3, 0.4) is 0 Å². The van der Waals surface area contributed by atoms with E-state index in [0.29, 0.717) is 24.7 Å². The van der Waals surface area contributed by atoms with Crippen LogP contribution < -0.4 is 10.1 Å². The van der Waals surface area contributed by atoms with Crippen molar-refractivity contribution >= 4 is 0 Å². The zero-order valence-electron chi connectivity index (χ0n) is 11.6. The van der Waals surface area contributed by atoms with Crippen LogP contribution in [0, 0.1) is 6.92 Å². The van der Waals surface area contributed by atoms with Gasteiger partial charge in [0.25, 0.3) is 0 Å². The van der Waals surface area contributed by atoms with Crippen LogP contribution in [-0.4, -0.2) is 23.3 Å². The standard InChI is InChI=1S/C15H19N3O2/c1-11-4-2-5-12(10-11)19-9-7-14-17-15(20-18-14)13-6-3-8-16-13/h2,4-5,10,13,16H,3,6-9H2,1H3/t13-/m0/s1. The van der Waals surface area contributed by atoms with Gasteiger partial charge in [0, 0.05) is 6.42 Å². The summed E-state index contributed by atoms with van der Waals surface area (Å²) < 4.78 is 11.0. The number of nitrogens with one attached hydrogen (secondary N) is 1. The van der Waals surface area contributed by atoms with Crippen molar-refractivity contribution < 1.29 is 9.26 Å². The number of ether oxygens (including phenoxy) is 1. The minimum Gasteiger partial charge on any atom is -0.493 e. The highest BCUT2D eigenvalue weighted by molar-refractivity contribution is 5.27. The highest BCUT2D eigenvalue weighted by Crippen LogP contribution is 2.21. The molecule has 0 amide bonds. The fraction of sp³-hybridized carbons (Fsp3) is 0.467. The molecule has 2 heterocycles. The molecule has 1 N–H and O–H groups in total. The third-order valence-corrected chi connectivity index (χ3v) is 3.43. The number of hydrogen-bond donors (Lipinski definition) is 1. The van der Waals surface area contributed by atoms with E-state index in [4.69, 9.17) is 9.26 Å². The van der Waals surface area contributed by atoms with Gasteiger partial charge in [-0.05, 0) is 44.0 Å². The summed E-state index contributed by atoms with van der Waals surface area (Å²) in [6.45, 7) is 3.63. The maximum atomic E-state index is 5.69. The molecule has 3 rings (SSSR count). The fourth-order valence-corrected chi connectivity index (χ4v) is 2.37. The van der Waals surface area contributed by atoms with Crippen molar-refractivity contribution in [2.75, 3.05) is 13.2 Å². The monoisotopic (exact) mass is 273 g/mol. The van der Waals surface area contributed by atoms with Gasteiger partial charge >= 0.3 is 0 Å². The summed E-state index contributed by atoms with van der Waals surface area (Å²) in [4.78, 5) is 4.42. The minimum atomic E-state index is 0.231. The smallest absolute Gasteiger partial charge is 0.243 e. The van der Waals surface area contributed by atoms with Gasteiger partial charge in [0.2, 0.25) is 5.89 Å².